The lowest BCUT2D eigenvalue weighted by Crippen LogP contribution is -2.37. The zero-order valence-electron chi connectivity index (χ0n) is 23.2. The first-order valence-corrected chi connectivity index (χ1v) is 13.6. The Morgan fingerprint density at radius 2 is 1.95 bits per heavy atom. The van der Waals surface area contributed by atoms with Crippen molar-refractivity contribution >= 4 is 28.9 Å². The van der Waals surface area contributed by atoms with E-state index in [-0.39, 0.29) is 11.2 Å². The fraction of sp³-hybridized carbons (Fsp3) is 0.429. The summed E-state index contributed by atoms with van der Waals surface area (Å²) in [7, 11) is 1.65. The Labute approximate surface area is 233 Å². The Kier molecular flexibility index (Phi) is 9.31. The predicted molar refractivity (Wildman–Crippen MR) is 157 cm³/mol. The number of anilines is 3. The Hall–Kier alpha value is -4.48. The number of piperidine rings is 1. The molecule has 3 aromatic rings. The third-order valence-corrected chi connectivity index (χ3v) is 6.90. The average molecular weight is 548 g/mol. The topological polar surface area (TPSA) is 175 Å². The second-order valence-electron chi connectivity index (χ2n) is 9.71. The first-order chi connectivity index (χ1) is 19.3. The molecule has 0 spiro atoms. The van der Waals surface area contributed by atoms with E-state index in [4.69, 9.17) is 15.9 Å². The zero-order valence-corrected chi connectivity index (χ0v) is 23.2. The summed E-state index contributed by atoms with van der Waals surface area (Å²) < 4.78 is 5.86. The van der Waals surface area contributed by atoms with Gasteiger partial charge in [-0.3, -0.25) is 9.59 Å². The molecule has 212 valence electrons. The van der Waals surface area contributed by atoms with Crippen LogP contribution in [0, 0.1) is 11.3 Å². The molecule has 2 aromatic heterocycles. The number of hydrogen-bond acceptors (Lipinski definition) is 10. The second kappa shape index (κ2) is 13.0. The molecule has 1 aromatic carbocycles. The normalized spacial score (nSPS) is 13.6. The first-order valence-electron chi connectivity index (χ1n) is 13.6. The van der Waals surface area contributed by atoms with E-state index >= 15 is 0 Å². The maximum absolute atomic E-state index is 12.9. The molecular weight excluding hydrogens is 510 g/mol. The van der Waals surface area contributed by atoms with Crippen molar-refractivity contribution in [2.24, 2.45) is 11.7 Å². The highest BCUT2D eigenvalue weighted by Gasteiger charge is 2.22. The number of nitrogens with one attached hydrogen (secondary N) is 4. The lowest BCUT2D eigenvalue weighted by Gasteiger charge is -2.32. The number of nitrogens with two attached hydrogens (primary N) is 1. The Morgan fingerprint density at radius 1 is 1.23 bits per heavy atom. The smallest absolute Gasteiger partial charge is 0.275 e. The van der Waals surface area contributed by atoms with Crippen LogP contribution in [0.5, 0.6) is 5.75 Å². The molecular formula is C28H37N9O3. The summed E-state index contributed by atoms with van der Waals surface area (Å²) in [5.41, 5.74) is 7.74. The van der Waals surface area contributed by atoms with Crippen LogP contribution in [0.25, 0.3) is 11.4 Å². The number of ether oxygens (including phenoxy) is 1. The van der Waals surface area contributed by atoms with E-state index in [0.29, 0.717) is 59.0 Å². The standard InChI is InChI=1S/C28H37N9O3/c1-4-6-21(29)23-24(31-3)27(39)36-26(35-23)20-13-19(7-8-22(20)40-5-2)32-14-17-9-11-37(12-10-17)28-33-15-18(16-34-28)25(30)38/h7-8,13,15-17,29,31-32H,4-6,9-12,14H2,1-3H3,(H2,30,38)(H,35,36,39). The number of benzene rings is 1. The Bertz CT molecular complexity index is 1400. The molecule has 0 unspecified atom stereocenters. The molecule has 6 N–H and O–H groups in total. The number of aromatic nitrogens is 4. The number of amides is 1. The molecule has 4 rings (SSSR count). The van der Waals surface area contributed by atoms with Crippen molar-refractivity contribution in [1.82, 2.24) is 19.9 Å². The van der Waals surface area contributed by atoms with Crippen molar-refractivity contribution in [1.29, 1.82) is 5.41 Å². The second-order valence-corrected chi connectivity index (χ2v) is 9.71. The van der Waals surface area contributed by atoms with E-state index in [1.807, 2.05) is 32.0 Å². The molecule has 12 nitrogen and oxygen atoms in total. The molecule has 1 fully saturated rings. The summed E-state index contributed by atoms with van der Waals surface area (Å²) >= 11 is 0. The Morgan fingerprint density at radius 3 is 2.58 bits per heavy atom. The van der Waals surface area contributed by atoms with Gasteiger partial charge in [-0.2, -0.15) is 0 Å². The SMILES string of the molecule is CCCC(=N)c1nc(-c2cc(NCC3CCN(c4ncc(C(N)=O)cn4)CC3)ccc2OCC)[nH]c(=O)c1NC. The van der Waals surface area contributed by atoms with Crippen molar-refractivity contribution in [3.05, 3.63) is 52.2 Å². The summed E-state index contributed by atoms with van der Waals surface area (Å²) in [6.45, 7) is 6.76. The molecule has 1 aliphatic rings. The number of aromatic amines is 1. The van der Waals surface area contributed by atoms with Gasteiger partial charge in [0.15, 0.2) is 0 Å². The van der Waals surface area contributed by atoms with Crippen LogP contribution in [0.1, 0.15) is 55.6 Å². The number of carbonyl (C=O) groups excluding carboxylic acids is 1. The number of H-pyrrole nitrogens is 1. The van der Waals surface area contributed by atoms with Gasteiger partial charge in [0.2, 0.25) is 5.95 Å². The molecule has 0 aliphatic carbocycles. The maximum Gasteiger partial charge on any atom is 0.275 e. The number of primary amides is 1. The number of carbonyl (C=O) groups is 1. The van der Waals surface area contributed by atoms with Gasteiger partial charge in [-0.15, -0.1) is 0 Å². The fourth-order valence-electron chi connectivity index (χ4n) is 4.74. The molecule has 0 bridgehead atoms. The van der Waals surface area contributed by atoms with Gasteiger partial charge in [0.1, 0.15) is 23.0 Å². The van der Waals surface area contributed by atoms with Crippen LogP contribution in [0.4, 0.5) is 17.3 Å². The summed E-state index contributed by atoms with van der Waals surface area (Å²) in [5.74, 6) is 1.48. The van der Waals surface area contributed by atoms with Gasteiger partial charge >= 0.3 is 0 Å². The summed E-state index contributed by atoms with van der Waals surface area (Å²) in [6.07, 6.45) is 6.15. The molecule has 0 atom stereocenters. The number of nitrogens with zero attached hydrogens (tertiary/aromatic N) is 4. The van der Waals surface area contributed by atoms with Crippen LogP contribution in [0.2, 0.25) is 0 Å². The first kappa shape index (κ1) is 28.5. The van der Waals surface area contributed by atoms with Gasteiger partial charge in [-0.25, -0.2) is 15.0 Å². The third-order valence-electron chi connectivity index (χ3n) is 6.90. The Balaban J connectivity index is 1.48. The van der Waals surface area contributed by atoms with E-state index in [0.717, 1.165) is 44.6 Å². The van der Waals surface area contributed by atoms with Gasteiger partial charge in [0, 0.05) is 44.8 Å². The van der Waals surface area contributed by atoms with E-state index < -0.39 is 5.91 Å². The third kappa shape index (κ3) is 6.56. The van der Waals surface area contributed by atoms with Gasteiger partial charge in [0.25, 0.3) is 11.5 Å². The van der Waals surface area contributed by atoms with Crippen molar-refractivity contribution in [2.75, 3.05) is 48.8 Å². The highest BCUT2D eigenvalue weighted by molar-refractivity contribution is 6.01. The monoisotopic (exact) mass is 547 g/mol. The van der Waals surface area contributed by atoms with E-state index in [9.17, 15) is 9.59 Å². The minimum atomic E-state index is -0.540. The van der Waals surface area contributed by atoms with E-state index in [1.165, 1.54) is 12.4 Å². The molecule has 1 amide bonds. The maximum atomic E-state index is 12.9. The van der Waals surface area contributed by atoms with E-state index in [1.54, 1.807) is 7.05 Å². The van der Waals surface area contributed by atoms with Crippen LogP contribution in [0.3, 0.4) is 0 Å². The average Bonchev–Trinajstić information content (AvgIpc) is 2.96. The summed E-state index contributed by atoms with van der Waals surface area (Å²) in [4.78, 5) is 42.4. The largest absolute Gasteiger partial charge is 0.493 e. The lowest BCUT2D eigenvalue weighted by atomic mass is 9.97. The highest BCUT2D eigenvalue weighted by atomic mass is 16.5. The van der Waals surface area contributed by atoms with Crippen LogP contribution in [0.15, 0.2) is 35.4 Å². The van der Waals surface area contributed by atoms with Crippen LogP contribution in [-0.2, 0) is 0 Å². The van der Waals surface area contributed by atoms with Gasteiger partial charge in [-0.1, -0.05) is 13.3 Å². The van der Waals surface area contributed by atoms with Crippen molar-refractivity contribution in [3.8, 4) is 17.1 Å². The summed E-state index contributed by atoms with van der Waals surface area (Å²) in [5, 5.41) is 14.9. The van der Waals surface area contributed by atoms with Crippen LogP contribution in [-0.4, -0.2) is 64.8 Å². The summed E-state index contributed by atoms with van der Waals surface area (Å²) in [6, 6.07) is 5.76. The molecule has 1 saturated heterocycles. The van der Waals surface area contributed by atoms with Gasteiger partial charge in [-0.05, 0) is 50.3 Å². The fourth-order valence-corrected chi connectivity index (χ4v) is 4.74. The molecule has 1 aliphatic heterocycles. The van der Waals surface area contributed by atoms with Crippen molar-refractivity contribution in [3.63, 3.8) is 0 Å². The zero-order chi connectivity index (χ0) is 28.6. The molecule has 12 heteroatoms. The van der Waals surface area contributed by atoms with E-state index in [2.05, 4.69) is 35.5 Å². The minimum absolute atomic E-state index is 0.287. The quantitative estimate of drug-likeness (QED) is 0.213. The number of hydrogen-bond donors (Lipinski definition) is 5. The van der Waals surface area contributed by atoms with Crippen molar-refractivity contribution in [2.45, 2.75) is 39.5 Å². The highest BCUT2D eigenvalue weighted by Crippen LogP contribution is 2.32. The lowest BCUT2D eigenvalue weighted by molar-refractivity contribution is 0.0999. The predicted octanol–water partition coefficient (Wildman–Crippen LogP) is 3.26. The molecule has 40 heavy (non-hydrogen) atoms. The van der Waals surface area contributed by atoms with Crippen LogP contribution < -0.4 is 31.6 Å². The van der Waals surface area contributed by atoms with Crippen molar-refractivity contribution < 1.29 is 9.53 Å². The molecule has 3 heterocycles. The van der Waals surface area contributed by atoms with Gasteiger partial charge < -0.3 is 36.4 Å². The molecule has 0 radical (unpaired) electrons. The number of rotatable bonds is 12. The molecule has 0 saturated carbocycles. The van der Waals surface area contributed by atoms with Gasteiger partial charge in [0.05, 0.1) is 23.4 Å². The van der Waals surface area contributed by atoms with Crippen LogP contribution >= 0.6 is 0 Å². The minimum Gasteiger partial charge on any atom is -0.493 e.